The van der Waals surface area contributed by atoms with E-state index in [1.54, 1.807) is 6.07 Å². The molecule has 5 heteroatoms. The fourth-order valence-electron chi connectivity index (χ4n) is 2.71. The van der Waals surface area contributed by atoms with Crippen LogP contribution in [0.15, 0.2) is 46.9 Å². The molecule has 124 valence electrons. The second-order valence-corrected chi connectivity index (χ2v) is 5.66. The van der Waals surface area contributed by atoms with Crippen molar-refractivity contribution >= 4 is 22.6 Å². The van der Waals surface area contributed by atoms with Crippen molar-refractivity contribution in [3.05, 3.63) is 65.2 Å². The van der Waals surface area contributed by atoms with E-state index in [-0.39, 0.29) is 11.7 Å². The molecule has 1 aromatic heterocycles. The topological polar surface area (TPSA) is 54.3 Å². The molecule has 24 heavy (non-hydrogen) atoms. The normalized spacial score (nSPS) is 11.0. The predicted molar refractivity (Wildman–Crippen MR) is 92.9 cm³/mol. The van der Waals surface area contributed by atoms with Crippen molar-refractivity contribution in [2.45, 2.75) is 13.3 Å². The standard InChI is InChI=1S/C19H19FN2O2/c1-12-16(9-10-21-2)17-11-15(7-8-18(17)24-12)22-19(23)13-3-5-14(20)6-4-13/h3-8,11,21H,9-10H2,1-2H3,(H,22,23). The van der Waals surface area contributed by atoms with Crippen LogP contribution in [0.3, 0.4) is 0 Å². The second kappa shape index (κ2) is 6.84. The molecule has 0 aliphatic heterocycles. The number of nitrogens with one attached hydrogen (secondary N) is 2. The Kier molecular flexibility index (Phi) is 4.62. The molecule has 0 aliphatic rings. The number of hydrogen-bond acceptors (Lipinski definition) is 3. The van der Waals surface area contributed by atoms with Crippen molar-refractivity contribution in [3.8, 4) is 0 Å². The summed E-state index contributed by atoms with van der Waals surface area (Å²) >= 11 is 0. The molecule has 4 nitrogen and oxygen atoms in total. The lowest BCUT2D eigenvalue weighted by atomic mass is 10.1. The van der Waals surface area contributed by atoms with E-state index in [0.717, 1.165) is 35.3 Å². The summed E-state index contributed by atoms with van der Waals surface area (Å²) in [4.78, 5) is 12.3. The SMILES string of the molecule is CNCCc1c(C)oc2ccc(NC(=O)c3ccc(F)cc3)cc12. The lowest BCUT2D eigenvalue weighted by Crippen LogP contribution is -2.12. The van der Waals surface area contributed by atoms with Gasteiger partial charge < -0.3 is 15.1 Å². The molecule has 0 saturated carbocycles. The Hall–Kier alpha value is -2.66. The molecule has 3 aromatic rings. The summed E-state index contributed by atoms with van der Waals surface area (Å²) in [6, 6.07) is 11.0. The monoisotopic (exact) mass is 326 g/mol. The number of furan rings is 1. The van der Waals surface area contributed by atoms with E-state index in [2.05, 4.69) is 10.6 Å². The third-order valence-corrected chi connectivity index (χ3v) is 3.98. The minimum atomic E-state index is -0.365. The molecule has 0 fully saturated rings. The third kappa shape index (κ3) is 3.31. The second-order valence-electron chi connectivity index (χ2n) is 5.66. The van der Waals surface area contributed by atoms with E-state index in [1.165, 1.54) is 24.3 Å². The van der Waals surface area contributed by atoms with E-state index >= 15 is 0 Å². The molecule has 1 amide bonds. The lowest BCUT2D eigenvalue weighted by Gasteiger charge is -2.06. The van der Waals surface area contributed by atoms with Crippen LogP contribution in [-0.2, 0) is 6.42 Å². The number of aryl methyl sites for hydroxylation is 1. The number of carbonyl (C=O) groups excluding carboxylic acids is 1. The highest BCUT2D eigenvalue weighted by Crippen LogP contribution is 2.28. The zero-order valence-electron chi connectivity index (χ0n) is 13.7. The van der Waals surface area contributed by atoms with Gasteiger partial charge in [-0.15, -0.1) is 0 Å². The highest BCUT2D eigenvalue weighted by molar-refractivity contribution is 6.05. The third-order valence-electron chi connectivity index (χ3n) is 3.98. The Morgan fingerprint density at radius 2 is 1.92 bits per heavy atom. The van der Waals surface area contributed by atoms with Crippen LogP contribution in [-0.4, -0.2) is 19.5 Å². The van der Waals surface area contributed by atoms with Crippen molar-refractivity contribution in [1.29, 1.82) is 0 Å². The Labute approximate surface area is 139 Å². The summed E-state index contributed by atoms with van der Waals surface area (Å²) in [5.74, 6) is 0.254. The fraction of sp³-hybridized carbons (Fsp3) is 0.211. The molecule has 0 spiro atoms. The minimum Gasteiger partial charge on any atom is -0.461 e. The first-order chi connectivity index (χ1) is 11.6. The highest BCUT2D eigenvalue weighted by Gasteiger charge is 2.12. The van der Waals surface area contributed by atoms with Gasteiger partial charge in [-0.3, -0.25) is 4.79 Å². The number of likely N-dealkylation sites (N-methyl/N-ethyl adjacent to an activating group) is 1. The maximum Gasteiger partial charge on any atom is 0.255 e. The van der Waals surface area contributed by atoms with E-state index in [9.17, 15) is 9.18 Å². The Balaban J connectivity index is 1.87. The first-order valence-corrected chi connectivity index (χ1v) is 7.82. The molecule has 0 aliphatic carbocycles. The number of amides is 1. The quantitative estimate of drug-likeness (QED) is 0.748. The molecule has 2 N–H and O–H groups in total. The average molecular weight is 326 g/mol. The predicted octanol–water partition coefficient (Wildman–Crippen LogP) is 3.89. The Morgan fingerprint density at radius 1 is 1.17 bits per heavy atom. The van der Waals surface area contributed by atoms with Crippen molar-refractivity contribution < 1.29 is 13.6 Å². The Morgan fingerprint density at radius 3 is 2.62 bits per heavy atom. The Bertz CT molecular complexity index is 869. The van der Waals surface area contributed by atoms with E-state index in [4.69, 9.17) is 4.42 Å². The molecule has 0 atom stereocenters. The number of carbonyl (C=O) groups is 1. The smallest absolute Gasteiger partial charge is 0.255 e. The fourth-order valence-corrected chi connectivity index (χ4v) is 2.71. The zero-order chi connectivity index (χ0) is 17.1. The summed E-state index contributed by atoms with van der Waals surface area (Å²) < 4.78 is 18.7. The maximum absolute atomic E-state index is 13.0. The van der Waals surface area contributed by atoms with Gasteiger partial charge in [0.1, 0.15) is 17.2 Å². The van der Waals surface area contributed by atoms with E-state index in [1.807, 2.05) is 26.1 Å². The molecule has 0 bridgehead atoms. The molecule has 0 unspecified atom stereocenters. The molecule has 1 heterocycles. The number of hydrogen-bond donors (Lipinski definition) is 2. The van der Waals surface area contributed by atoms with Crippen molar-refractivity contribution in [3.63, 3.8) is 0 Å². The van der Waals surface area contributed by atoms with Crippen LogP contribution in [0.5, 0.6) is 0 Å². The highest BCUT2D eigenvalue weighted by atomic mass is 19.1. The number of rotatable bonds is 5. The van der Waals surface area contributed by atoms with Gasteiger partial charge in [0.15, 0.2) is 0 Å². The van der Waals surface area contributed by atoms with Crippen LogP contribution >= 0.6 is 0 Å². The van der Waals surface area contributed by atoms with Crippen LogP contribution in [0.25, 0.3) is 11.0 Å². The van der Waals surface area contributed by atoms with Crippen molar-refractivity contribution in [2.24, 2.45) is 0 Å². The molecule has 0 radical (unpaired) electrons. The molecule has 0 saturated heterocycles. The van der Waals surface area contributed by atoms with Gasteiger partial charge in [0.2, 0.25) is 0 Å². The van der Waals surface area contributed by atoms with Crippen LogP contribution in [0.2, 0.25) is 0 Å². The summed E-state index contributed by atoms with van der Waals surface area (Å²) in [6.07, 6.45) is 0.852. The average Bonchev–Trinajstić information content (AvgIpc) is 2.88. The molecule has 2 aromatic carbocycles. The summed E-state index contributed by atoms with van der Waals surface area (Å²) in [6.45, 7) is 2.80. The largest absolute Gasteiger partial charge is 0.461 e. The van der Waals surface area contributed by atoms with Crippen LogP contribution in [0.1, 0.15) is 21.7 Å². The summed E-state index contributed by atoms with van der Waals surface area (Å²) in [5.41, 5.74) is 3.04. The van der Waals surface area contributed by atoms with Gasteiger partial charge in [0.05, 0.1) is 0 Å². The van der Waals surface area contributed by atoms with Crippen LogP contribution in [0.4, 0.5) is 10.1 Å². The number of anilines is 1. The van der Waals surface area contributed by atoms with E-state index < -0.39 is 0 Å². The van der Waals surface area contributed by atoms with Gasteiger partial charge >= 0.3 is 0 Å². The van der Waals surface area contributed by atoms with Crippen molar-refractivity contribution in [1.82, 2.24) is 5.32 Å². The molecular formula is C19H19FN2O2. The summed E-state index contributed by atoms with van der Waals surface area (Å²) in [5, 5.41) is 6.97. The molecular weight excluding hydrogens is 307 g/mol. The van der Waals surface area contributed by atoms with E-state index in [0.29, 0.717) is 11.3 Å². The number of benzene rings is 2. The van der Waals surface area contributed by atoms with Crippen LogP contribution in [0, 0.1) is 12.7 Å². The zero-order valence-corrected chi connectivity index (χ0v) is 13.7. The summed E-state index contributed by atoms with van der Waals surface area (Å²) in [7, 11) is 1.91. The minimum absolute atomic E-state index is 0.272. The van der Waals surface area contributed by atoms with Gasteiger partial charge in [-0.25, -0.2) is 4.39 Å². The van der Waals surface area contributed by atoms with Gasteiger partial charge in [-0.2, -0.15) is 0 Å². The van der Waals surface area contributed by atoms with Gasteiger partial charge in [0.25, 0.3) is 5.91 Å². The number of halogens is 1. The number of fused-ring (bicyclic) bond motifs is 1. The van der Waals surface area contributed by atoms with Gasteiger partial charge in [-0.1, -0.05) is 0 Å². The van der Waals surface area contributed by atoms with Crippen molar-refractivity contribution in [2.75, 3.05) is 18.9 Å². The lowest BCUT2D eigenvalue weighted by molar-refractivity contribution is 0.102. The first-order valence-electron chi connectivity index (χ1n) is 7.82. The maximum atomic E-state index is 13.0. The van der Waals surface area contributed by atoms with Crippen LogP contribution < -0.4 is 10.6 Å². The van der Waals surface area contributed by atoms with Gasteiger partial charge in [0, 0.05) is 22.2 Å². The first kappa shape index (κ1) is 16.2. The van der Waals surface area contributed by atoms with Gasteiger partial charge in [-0.05, 0) is 69.4 Å². The molecule has 3 rings (SSSR count).